The zero-order chi connectivity index (χ0) is 8.27. The maximum atomic E-state index is 8.76. The normalized spacial score (nSPS) is 13.0. The van der Waals surface area contributed by atoms with Crippen LogP contribution in [0.25, 0.3) is 0 Å². The van der Waals surface area contributed by atoms with Crippen molar-refractivity contribution in [3.63, 3.8) is 0 Å². The average Bonchev–Trinajstić information content (AvgIpc) is 2.05. The highest BCUT2D eigenvalue weighted by molar-refractivity contribution is 6.30. The molecule has 0 bridgehead atoms. The van der Waals surface area contributed by atoms with Gasteiger partial charge in [0.15, 0.2) is 0 Å². The lowest BCUT2D eigenvalue weighted by Gasteiger charge is -2.06. The number of aliphatic hydroxyl groups is 1. The van der Waals surface area contributed by atoms with Gasteiger partial charge in [0.1, 0.15) is 0 Å². The van der Waals surface area contributed by atoms with Gasteiger partial charge in [0.25, 0.3) is 0 Å². The fourth-order valence-corrected chi connectivity index (χ4v) is 0.966. The summed E-state index contributed by atoms with van der Waals surface area (Å²) in [6.07, 6.45) is 0. The minimum atomic E-state index is -0.0488. The molecule has 1 unspecified atom stereocenters. The van der Waals surface area contributed by atoms with Gasteiger partial charge in [-0.05, 0) is 24.6 Å². The van der Waals surface area contributed by atoms with Crippen molar-refractivity contribution in [1.82, 2.24) is 0 Å². The highest BCUT2D eigenvalue weighted by Crippen LogP contribution is 2.16. The van der Waals surface area contributed by atoms with Crippen molar-refractivity contribution < 1.29 is 5.11 Å². The van der Waals surface area contributed by atoms with E-state index in [0.717, 1.165) is 5.56 Å². The van der Waals surface area contributed by atoms with Crippen LogP contribution in [0.2, 0.25) is 5.02 Å². The Balaban J connectivity index is 2.81. The van der Waals surface area contributed by atoms with Crippen molar-refractivity contribution >= 4 is 11.6 Å². The summed E-state index contributed by atoms with van der Waals surface area (Å²) < 4.78 is 0. The van der Waals surface area contributed by atoms with Crippen LogP contribution >= 0.6 is 11.6 Å². The average molecular weight is 170 g/mol. The molecule has 0 saturated carbocycles. The fourth-order valence-electron chi connectivity index (χ4n) is 0.840. The zero-order valence-corrected chi connectivity index (χ0v) is 6.88. The molecule has 11 heavy (non-hydrogen) atoms. The fraction of sp³-hybridized carbons (Fsp3) is 0.222. The summed E-state index contributed by atoms with van der Waals surface area (Å²) in [5.41, 5.74) is 1.01. The number of hydrogen-bond acceptors (Lipinski definition) is 1. The van der Waals surface area contributed by atoms with E-state index in [-0.39, 0.29) is 12.5 Å². The highest BCUT2D eigenvalue weighted by Gasteiger charge is 2.01. The molecule has 0 fully saturated rings. The van der Waals surface area contributed by atoms with E-state index in [1.54, 1.807) is 12.1 Å². The number of halogens is 1. The van der Waals surface area contributed by atoms with Gasteiger partial charge in [0, 0.05) is 17.5 Å². The zero-order valence-electron chi connectivity index (χ0n) is 6.13. The molecule has 1 aromatic rings. The Morgan fingerprint density at radius 2 is 1.91 bits per heavy atom. The lowest BCUT2D eigenvalue weighted by Crippen LogP contribution is -1.98. The maximum Gasteiger partial charge on any atom is 0.0499 e. The molecule has 2 heteroatoms. The predicted molar refractivity (Wildman–Crippen MR) is 46.6 cm³/mol. The molecular formula is C9H10ClO. The van der Waals surface area contributed by atoms with Crippen molar-refractivity contribution in [3.05, 3.63) is 41.8 Å². The highest BCUT2D eigenvalue weighted by atomic mass is 35.5. The lowest BCUT2D eigenvalue weighted by molar-refractivity contribution is 0.282. The number of benzene rings is 1. The predicted octanol–water partition coefficient (Wildman–Crippen LogP) is 2.25. The summed E-state index contributed by atoms with van der Waals surface area (Å²) in [6, 6.07) is 7.34. The first-order chi connectivity index (χ1) is 5.24. The molecule has 1 radical (unpaired) electrons. The first kappa shape index (κ1) is 8.57. The van der Waals surface area contributed by atoms with Gasteiger partial charge in [-0.3, -0.25) is 0 Å². The third kappa shape index (κ3) is 2.21. The van der Waals surface area contributed by atoms with E-state index in [9.17, 15) is 0 Å². The van der Waals surface area contributed by atoms with Crippen LogP contribution in [0.3, 0.4) is 0 Å². The van der Waals surface area contributed by atoms with Crippen LogP contribution in [0.1, 0.15) is 11.5 Å². The molecule has 0 heterocycles. The van der Waals surface area contributed by atoms with Crippen LogP contribution in [0.4, 0.5) is 0 Å². The number of rotatable bonds is 2. The Bertz CT molecular complexity index is 218. The maximum absolute atomic E-state index is 8.76. The number of hydrogen-bond donors (Lipinski definition) is 1. The van der Waals surface area contributed by atoms with Gasteiger partial charge in [-0.15, -0.1) is 0 Å². The quantitative estimate of drug-likeness (QED) is 0.720. The van der Waals surface area contributed by atoms with Gasteiger partial charge in [0.2, 0.25) is 0 Å². The lowest BCUT2D eigenvalue weighted by atomic mass is 10.0. The molecule has 59 valence electrons. The molecule has 1 atom stereocenters. The first-order valence-electron chi connectivity index (χ1n) is 3.43. The Hall–Kier alpha value is -0.530. The van der Waals surface area contributed by atoms with Crippen molar-refractivity contribution in [2.45, 2.75) is 5.92 Å². The Morgan fingerprint density at radius 1 is 1.36 bits per heavy atom. The van der Waals surface area contributed by atoms with Gasteiger partial charge in [-0.1, -0.05) is 23.7 Å². The summed E-state index contributed by atoms with van der Waals surface area (Å²) >= 11 is 5.68. The van der Waals surface area contributed by atoms with E-state index in [4.69, 9.17) is 16.7 Å². The largest absolute Gasteiger partial charge is 0.396 e. The van der Waals surface area contributed by atoms with Crippen LogP contribution in [0.5, 0.6) is 0 Å². The van der Waals surface area contributed by atoms with Gasteiger partial charge < -0.3 is 5.11 Å². The van der Waals surface area contributed by atoms with E-state index in [2.05, 4.69) is 6.92 Å². The van der Waals surface area contributed by atoms with Gasteiger partial charge >= 0.3 is 0 Å². The second kappa shape index (κ2) is 3.74. The minimum Gasteiger partial charge on any atom is -0.396 e. The summed E-state index contributed by atoms with van der Waals surface area (Å²) in [4.78, 5) is 0. The molecule has 0 saturated heterocycles. The molecule has 0 aliphatic heterocycles. The topological polar surface area (TPSA) is 20.2 Å². The molecule has 0 aliphatic carbocycles. The third-order valence-electron chi connectivity index (χ3n) is 1.56. The van der Waals surface area contributed by atoms with E-state index >= 15 is 0 Å². The molecule has 0 spiro atoms. The van der Waals surface area contributed by atoms with Crippen molar-refractivity contribution in [2.75, 3.05) is 6.61 Å². The molecule has 1 N–H and O–H groups in total. The molecule has 1 rings (SSSR count). The summed E-state index contributed by atoms with van der Waals surface area (Å²) in [7, 11) is 0. The molecule has 0 aliphatic rings. The summed E-state index contributed by atoms with van der Waals surface area (Å²) in [6.45, 7) is 3.83. The molecule has 0 amide bonds. The van der Waals surface area contributed by atoms with Crippen LogP contribution < -0.4 is 0 Å². The van der Waals surface area contributed by atoms with Crippen LogP contribution in [-0.4, -0.2) is 11.7 Å². The number of aliphatic hydroxyl groups excluding tert-OH is 1. The summed E-state index contributed by atoms with van der Waals surface area (Å²) in [5.74, 6) is -0.0488. The second-order valence-corrected chi connectivity index (χ2v) is 2.87. The standard InChI is InChI=1S/C9H10ClO/c1-7(6-11)8-2-4-9(10)5-3-8/h2-5,7,11H,1,6H2. The first-order valence-corrected chi connectivity index (χ1v) is 3.81. The van der Waals surface area contributed by atoms with E-state index in [1.165, 1.54) is 0 Å². The smallest absolute Gasteiger partial charge is 0.0499 e. The molecule has 1 nitrogen and oxygen atoms in total. The van der Waals surface area contributed by atoms with Gasteiger partial charge in [-0.25, -0.2) is 0 Å². The van der Waals surface area contributed by atoms with Crippen molar-refractivity contribution in [1.29, 1.82) is 0 Å². The summed E-state index contributed by atoms with van der Waals surface area (Å²) in [5, 5.41) is 9.47. The third-order valence-corrected chi connectivity index (χ3v) is 1.81. The van der Waals surface area contributed by atoms with E-state index < -0.39 is 0 Å². The van der Waals surface area contributed by atoms with Crippen molar-refractivity contribution in [3.8, 4) is 0 Å². The monoisotopic (exact) mass is 169 g/mol. The SMILES string of the molecule is [CH2]C(CO)c1ccc(Cl)cc1. The Labute approximate surface area is 71.6 Å². The minimum absolute atomic E-state index is 0.0488. The Morgan fingerprint density at radius 3 is 2.36 bits per heavy atom. The molecular weight excluding hydrogens is 160 g/mol. The van der Waals surface area contributed by atoms with E-state index in [0.29, 0.717) is 5.02 Å². The molecule has 1 aromatic carbocycles. The van der Waals surface area contributed by atoms with Crippen LogP contribution in [0.15, 0.2) is 24.3 Å². The van der Waals surface area contributed by atoms with Crippen molar-refractivity contribution in [2.24, 2.45) is 0 Å². The van der Waals surface area contributed by atoms with Gasteiger partial charge in [-0.2, -0.15) is 0 Å². The van der Waals surface area contributed by atoms with Crippen LogP contribution in [0, 0.1) is 6.92 Å². The van der Waals surface area contributed by atoms with Crippen LogP contribution in [-0.2, 0) is 0 Å². The van der Waals surface area contributed by atoms with Gasteiger partial charge in [0.05, 0.1) is 0 Å². The van der Waals surface area contributed by atoms with E-state index in [1.807, 2.05) is 12.1 Å². The molecule has 0 aromatic heterocycles. The second-order valence-electron chi connectivity index (χ2n) is 2.43. The Kier molecular flexibility index (Phi) is 2.92.